The summed E-state index contributed by atoms with van der Waals surface area (Å²) < 4.78 is 11.4. The number of anilines is 2. The lowest BCUT2D eigenvalue weighted by molar-refractivity contribution is -0.123. The van der Waals surface area contributed by atoms with Gasteiger partial charge in [0.15, 0.2) is 6.10 Å². The van der Waals surface area contributed by atoms with Crippen LogP contribution in [0.1, 0.15) is 45.4 Å². The molecule has 0 saturated carbocycles. The van der Waals surface area contributed by atoms with E-state index in [-0.39, 0.29) is 5.91 Å². The molecule has 0 aliphatic carbocycles. The molecule has 0 fully saturated rings. The fourth-order valence-corrected chi connectivity index (χ4v) is 3.59. The third-order valence-electron chi connectivity index (χ3n) is 4.15. The molecule has 1 aliphatic heterocycles. The van der Waals surface area contributed by atoms with E-state index < -0.39 is 17.8 Å². The summed E-state index contributed by atoms with van der Waals surface area (Å²) >= 11 is 1.57. The summed E-state index contributed by atoms with van der Waals surface area (Å²) in [4.78, 5) is 27.7. The number of nitrogens with zero attached hydrogens (tertiary/aromatic N) is 1. The summed E-state index contributed by atoms with van der Waals surface area (Å²) in [6, 6.07) is 9.28. The topological polar surface area (TPSA) is 67.9 Å². The second-order valence-corrected chi connectivity index (χ2v) is 8.74. The van der Waals surface area contributed by atoms with Crippen molar-refractivity contribution >= 4 is 34.7 Å². The number of amides is 2. The van der Waals surface area contributed by atoms with Crippen LogP contribution < -0.4 is 15.0 Å². The predicted molar refractivity (Wildman–Crippen MR) is 111 cm³/mol. The largest absolute Gasteiger partial charge is 0.478 e. The van der Waals surface area contributed by atoms with Gasteiger partial charge in [-0.25, -0.2) is 4.79 Å². The SMILES string of the molecule is CCCC1Oc2ccc(N(Cc3cccs3)C(=O)OC(C)(C)C)cc2NC1=O. The van der Waals surface area contributed by atoms with E-state index in [1.165, 1.54) is 0 Å². The molecule has 28 heavy (non-hydrogen) atoms. The number of carbonyl (C=O) groups is 2. The lowest BCUT2D eigenvalue weighted by atomic mass is 10.1. The van der Waals surface area contributed by atoms with E-state index in [0.29, 0.717) is 30.1 Å². The molecular weight excluding hydrogens is 376 g/mol. The van der Waals surface area contributed by atoms with Crippen molar-refractivity contribution in [3.63, 3.8) is 0 Å². The van der Waals surface area contributed by atoms with Crippen molar-refractivity contribution in [1.29, 1.82) is 0 Å². The Kier molecular flexibility index (Phi) is 5.93. The van der Waals surface area contributed by atoms with Gasteiger partial charge in [0.25, 0.3) is 5.91 Å². The Bertz CT molecular complexity index is 843. The first kappa shape index (κ1) is 20.2. The smallest absolute Gasteiger partial charge is 0.415 e. The number of benzene rings is 1. The first-order valence-corrected chi connectivity index (χ1v) is 10.3. The third kappa shape index (κ3) is 4.84. The number of fused-ring (bicyclic) bond motifs is 1. The maximum atomic E-state index is 12.8. The van der Waals surface area contributed by atoms with E-state index in [0.717, 1.165) is 11.3 Å². The Morgan fingerprint density at radius 1 is 1.32 bits per heavy atom. The van der Waals surface area contributed by atoms with Crippen LogP contribution in [0.5, 0.6) is 5.75 Å². The highest BCUT2D eigenvalue weighted by Gasteiger charge is 2.29. The van der Waals surface area contributed by atoms with Crippen LogP contribution in [0.3, 0.4) is 0 Å². The molecule has 0 spiro atoms. The molecule has 2 heterocycles. The number of carbonyl (C=O) groups excluding carboxylic acids is 2. The van der Waals surface area contributed by atoms with Crippen molar-refractivity contribution in [2.75, 3.05) is 10.2 Å². The molecule has 1 unspecified atom stereocenters. The standard InChI is InChI=1S/C21H26N2O4S/c1-5-7-18-19(24)22-16-12-14(9-10-17(16)26-18)23(13-15-8-6-11-28-15)20(25)27-21(2,3)4/h6,8-12,18H,5,7,13H2,1-4H3,(H,22,24). The first-order chi connectivity index (χ1) is 13.3. The van der Waals surface area contributed by atoms with Crippen LogP contribution in [0.2, 0.25) is 0 Å². The van der Waals surface area contributed by atoms with E-state index in [4.69, 9.17) is 9.47 Å². The number of rotatable bonds is 5. The van der Waals surface area contributed by atoms with Crippen molar-refractivity contribution in [2.24, 2.45) is 0 Å². The number of hydrogen-bond donors (Lipinski definition) is 1. The molecule has 6 nitrogen and oxygen atoms in total. The van der Waals surface area contributed by atoms with Gasteiger partial charge < -0.3 is 14.8 Å². The minimum Gasteiger partial charge on any atom is -0.478 e. The maximum Gasteiger partial charge on any atom is 0.415 e. The van der Waals surface area contributed by atoms with Crippen molar-refractivity contribution in [1.82, 2.24) is 0 Å². The van der Waals surface area contributed by atoms with E-state index in [1.807, 2.05) is 51.3 Å². The lowest BCUT2D eigenvalue weighted by Gasteiger charge is -2.29. The van der Waals surface area contributed by atoms with Crippen molar-refractivity contribution in [3.05, 3.63) is 40.6 Å². The summed E-state index contributed by atoms with van der Waals surface area (Å²) in [6.07, 6.45) is 0.609. The fraction of sp³-hybridized carbons (Fsp3) is 0.429. The summed E-state index contributed by atoms with van der Waals surface area (Å²) in [5.74, 6) is 0.454. The van der Waals surface area contributed by atoms with Crippen LogP contribution in [-0.4, -0.2) is 23.7 Å². The number of hydrogen-bond acceptors (Lipinski definition) is 5. The van der Waals surface area contributed by atoms with E-state index >= 15 is 0 Å². The van der Waals surface area contributed by atoms with Gasteiger partial charge in [-0.05, 0) is 56.8 Å². The molecule has 150 valence electrons. The van der Waals surface area contributed by atoms with Gasteiger partial charge in [-0.1, -0.05) is 19.4 Å². The molecule has 2 aromatic rings. The highest BCUT2D eigenvalue weighted by atomic mass is 32.1. The Morgan fingerprint density at radius 2 is 2.11 bits per heavy atom. The van der Waals surface area contributed by atoms with Gasteiger partial charge in [-0.15, -0.1) is 11.3 Å². The first-order valence-electron chi connectivity index (χ1n) is 9.41. The Morgan fingerprint density at radius 3 is 2.75 bits per heavy atom. The third-order valence-corrected chi connectivity index (χ3v) is 5.01. The van der Waals surface area contributed by atoms with Gasteiger partial charge in [0, 0.05) is 10.6 Å². The molecule has 1 N–H and O–H groups in total. The number of thiophene rings is 1. The Balaban J connectivity index is 1.89. The molecule has 2 amide bonds. The Hall–Kier alpha value is -2.54. The van der Waals surface area contributed by atoms with Gasteiger partial charge in [0.1, 0.15) is 11.4 Å². The average Bonchev–Trinajstić information content (AvgIpc) is 3.12. The van der Waals surface area contributed by atoms with Gasteiger partial charge in [-0.2, -0.15) is 0 Å². The zero-order valence-electron chi connectivity index (χ0n) is 16.7. The fourth-order valence-electron chi connectivity index (χ4n) is 2.90. The van der Waals surface area contributed by atoms with Gasteiger partial charge >= 0.3 is 6.09 Å². The molecule has 1 aromatic heterocycles. The van der Waals surface area contributed by atoms with Crippen LogP contribution in [-0.2, 0) is 16.1 Å². The van der Waals surface area contributed by atoms with E-state index in [2.05, 4.69) is 5.32 Å². The summed E-state index contributed by atoms with van der Waals surface area (Å²) in [5, 5.41) is 4.87. The normalized spacial score (nSPS) is 16.0. The minimum atomic E-state index is -0.607. The number of ether oxygens (including phenoxy) is 2. The second-order valence-electron chi connectivity index (χ2n) is 7.71. The molecule has 0 saturated heterocycles. The highest BCUT2D eigenvalue weighted by Crippen LogP contribution is 2.35. The molecule has 0 radical (unpaired) electrons. The Labute approximate surface area is 169 Å². The highest BCUT2D eigenvalue weighted by molar-refractivity contribution is 7.09. The van der Waals surface area contributed by atoms with Gasteiger partial charge in [-0.3, -0.25) is 9.69 Å². The molecule has 7 heteroatoms. The van der Waals surface area contributed by atoms with Gasteiger partial charge in [0.05, 0.1) is 12.2 Å². The maximum absolute atomic E-state index is 12.8. The molecule has 1 atom stereocenters. The van der Waals surface area contributed by atoms with Crippen molar-refractivity contribution < 1.29 is 19.1 Å². The van der Waals surface area contributed by atoms with Crippen LogP contribution in [0, 0.1) is 0 Å². The van der Waals surface area contributed by atoms with Crippen LogP contribution >= 0.6 is 11.3 Å². The molecule has 1 aromatic carbocycles. The van der Waals surface area contributed by atoms with Crippen molar-refractivity contribution in [3.8, 4) is 5.75 Å². The van der Waals surface area contributed by atoms with E-state index in [1.54, 1.807) is 28.4 Å². The monoisotopic (exact) mass is 402 g/mol. The minimum absolute atomic E-state index is 0.159. The molecule has 3 rings (SSSR count). The van der Waals surface area contributed by atoms with Gasteiger partial charge in [0.2, 0.25) is 0 Å². The van der Waals surface area contributed by atoms with E-state index in [9.17, 15) is 9.59 Å². The number of nitrogens with one attached hydrogen (secondary N) is 1. The lowest BCUT2D eigenvalue weighted by Crippen LogP contribution is -2.38. The summed E-state index contributed by atoms with van der Waals surface area (Å²) in [6.45, 7) is 7.91. The average molecular weight is 403 g/mol. The van der Waals surface area contributed by atoms with Crippen LogP contribution in [0.15, 0.2) is 35.7 Å². The zero-order valence-corrected chi connectivity index (χ0v) is 17.5. The quantitative estimate of drug-likeness (QED) is 0.747. The molecule has 1 aliphatic rings. The zero-order chi connectivity index (χ0) is 20.3. The van der Waals surface area contributed by atoms with Crippen LogP contribution in [0.4, 0.5) is 16.2 Å². The summed E-state index contributed by atoms with van der Waals surface area (Å²) in [5.41, 5.74) is 0.595. The summed E-state index contributed by atoms with van der Waals surface area (Å²) in [7, 11) is 0. The molecule has 0 bridgehead atoms. The predicted octanol–water partition coefficient (Wildman–Crippen LogP) is 5.19. The second kappa shape index (κ2) is 8.22. The van der Waals surface area contributed by atoms with Crippen LogP contribution in [0.25, 0.3) is 0 Å². The molecular formula is C21H26N2O4S. The van der Waals surface area contributed by atoms with Crippen molar-refractivity contribution in [2.45, 2.75) is 58.8 Å².